The Morgan fingerprint density at radius 1 is 1.29 bits per heavy atom. The molecule has 1 rings (SSSR count). The molecule has 1 aliphatic carbocycles. The molecule has 98 valence electrons. The SMILES string of the molecule is CCOC(=O)C(NOC1CCCCC1)C(C)=O. The van der Waals surface area contributed by atoms with Crippen LogP contribution in [0.25, 0.3) is 0 Å². The lowest BCUT2D eigenvalue weighted by Gasteiger charge is -2.23. The van der Waals surface area contributed by atoms with E-state index < -0.39 is 12.0 Å². The number of Topliss-reactive ketones (excluding diaryl/α,β-unsaturated/α-hetero) is 1. The molecule has 1 fully saturated rings. The van der Waals surface area contributed by atoms with E-state index >= 15 is 0 Å². The molecular weight excluding hydrogens is 222 g/mol. The molecule has 0 saturated heterocycles. The van der Waals surface area contributed by atoms with E-state index in [9.17, 15) is 9.59 Å². The summed E-state index contributed by atoms with van der Waals surface area (Å²) < 4.78 is 4.80. The van der Waals surface area contributed by atoms with Crippen LogP contribution in [0.2, 0.25) is 0 Å². The lowest BCUT2D eigenvalue weighted by molar-refractivity contribution is -0.156. The van der Waals surface area contributed by atoms with Crippen molar-refractivity contribution < 1.29 is 19.2 Å². The highest BCUT2D eigenvalue weighted by atomic mass is 16.7. The third-order valence-electron chi connectivity index (χ3n) is 2.83. The van der Waals surface area contributed by atoms with Crippen LogP contribution in [0.15, 0.2) is 0 Å². The fourth-order valence-electron chi connectivity index (χ4n) is 1.87. The minimum atomic E-state index is -1.00. The maximum atomic E-state index is 11.5. The van der Waals surface area contributed by atoms with Gasteiger partial charge in [-0.15, -0.1) is 0 Å². The first-order chi connectivity index (χ1) is 8.15. The molecule has 0 amide bonds. The Bertz CT molecular complexity index is 261. The van der Waals surface area contributed by atoms with Crippen LogP contribution in [-0.4, -0.2) is 30.5 Å². The topological polar surface area (TPSA) is 64.6 Å². The van der Waals surface area contributed by atoms with E-state index in [0.29, 0.717) is 0 Å². The summed E-state index contributed by atoms with van der Waals surface area (Å²) in [7, 11) is 0. The van der Waals surface area contributed by atoms with Gasteiger partial charge in [0.15, 0.2) is 11.8 Å². The van der Waals surface area contributed by atoms with Gasteiger partial charge in [-0.2, -0.15) is 5.48 Å². The van der Waals surface area contributed by atoms with E-state index in [1.54, 1.807) is 6.92 Å². The number of hydroxylamine groups is 1. The molecule has 0 aromatic heterocycles. The zero-order valence-electron chi connectivity index (χ0n) is 10.5. The van der Waals surface area contributed by atoms with E-state index in [1.165, 1.54) is 13.3 Å². The molecule has 1 unspecified atom stereocenters. The largest absolute Gasteiger partial charge is 0.464 e. The standard InChI is InChI=1S/C12H21NO4/c1-3-16-12(15)11(9(2)14)13-17-10-7-5-4-6-8-10/h10-11,13H,3-8H2,1-2H3. The molecule has 0 aromatic rings. The smallest absolute Gasteiger partial charge is 0.333 e. The number of ketones is 1. The summed E-state index contributed by atoms with van der Waals surface area (Å²) in [6, 6.07) is -1.00. The van der Waals surface area contributed by atoms with Crippen LogP contribution in [-0.2, 0) is 19.2 Å². The highest BCUT2D eigenvalue weighted by Crippen LogP contribution is 2.19. The van der Waals surface area contributed by atoms with Gasteiger partial charge in [0, 0.05) is 0 Å². The summed E-state index contributed by atoms with van der Waals surface area (Å²) >= 11 is 0. The average molecular weight is 243 g/mol. The highest BCUT2D eigenvalue weighted by molar-refractivity contribution is 6.01. The number of hydrogen-bond acceptors (Lipinski definition) is 5. The average Bonchev–Trinajstić information content (AvgIpc) is 2.30. The second-order valence-electron chi connectivity index (χ2n) is 4.29. The Hall–Kier alpha value is -0.940. The number of esters is 1. The number of hydrogen-bond donors (Lipinski definition) is 1. The van der Waals surface area contributed by atoms with Crippen molar-refractivity contribution in [3.8, 4) is 0 Å². The monoisotopic (exact) mass is 243 g/mol. The van der Waals surface area contributed by atoms with Gasteiger partial charge in [0.1, 0.15) is 0 Å². The first kappa shape index (κ1) is 14.1. The predicted octanol–water partition coefficient (Wildman–Crippen LogP) is 1.36. The maximum absolute atomic E-state index is 11.5. The molecule has 1 N–H and O–H groups in total. The minimum Gasteiger partial charge on any atom is -0.464 e. The second kappa shape index (κ2) is 7.40. The van der Waals surface area contributed by atoms with Crippen molar-refractivity contribution in [3.05, 3.63) is 0 Å². The zero-order chi connectivity index (χ0) is 12.7. The molecular formula is C12H21NO4. The quantitative estimate of drug-likeness (QED) is 0.433. The fraction of sp³-hybridized carbons (Fsp3) is 0.833. The van der Waals surface area contributed by atoms with Crippen molar-refractivity contribution in [1.82, 2.24) is 5.48 Å². The molecule has 0 spiro atoms. The summed E-state index contributed by atoms with van der Waals surface area (Å²) in [5.41, 5.74) is 2.55. The molecule has 1 saturated carbocycles. The molecule has 17 heavy (non-hydrogen) atoms. The van der Waals surface area contributed by atoms with Crippen molar-refractivity contribution in [2.75, 3.05) is 6.61 Å². The van der Waals surface area contributed by atoms with Gasteiger partial charge in [-0.1, -0.05) is 19.3 Å². The lowest BCUT2D eigenvalue weighted by Crippen LogP contribution is -2.45. The summed E-state index contributed by atoms with van der Waals surface area (Å²) in [6.45, 7) is 3.31. The minimum absolute atomic E-state index is 0.0972. The van der Waals surface area contributed by atoms with Crippen molar-refractivity contribution in [2.45, 2.75) is 58.1 Å². The summed E-state index contributed by atoms with van der Waals surface area (Å²) in [4.78, 5) is 28.2. The molecule has 0 radical (unpaired) electrons. The number of carbonyl (C=O) groups is 2. The summed E-state index contributed by atoms with van der Waals surface area (Å²) in [5, 5.41) is 0. The third kappa shape index (κ3) is 4.83. The first-order valence-electron chi connectivity index (χ1n) is 6.23. The Labute approximate surface area is 102 Å². The predicted molar refractivity (Wildman–Crippen MR) is 62.2 cm³/mol. The van der Waals surface area contributed by atoms with E-state index in [0.717, 1.165) is 25.7 Å². The fourth-order valence-corrected chi connectivity index (χ4v) is 1.87. The molecule has 0 aliphatic heterocycles. The third-order valence-corrected chi connectivity index (χ3v) is 2.83. The van der Waals surface area contributed by atoms with Crippen LogP contribution in [0, 0.1) is 0 Å². The number of carbonyl (C=O) groups excluding carboxylic acids is 2. The highest BCUT2D eigenvalue weighted by Gasteiger charge is 2.26. The Kier molecular flexibility index (Phi) is 6.15. The van der Waals surface area contributed by atoms with E-state index in [1.807, 2.05) is 0 Å². The van der Waals surface area contributed by atoms with E-state index in [2.05, 4.69) is 5.48 Å². The Morgan fingerprint density at radius 2 is 1.94 bits per heavy atom. The van der Waals surface area contributed by atoms with Crippen molar-refractivity contribution in [3.63, 3.8) is 0 Å². The maximum Gasteiger partial charge on any atom is 0.333 e. The van der Waals surface area contributed by atoms with Gasteiger partial charge in [0.2, 0.25) is 0 Å². The summed E-state index contributed by atoms with van der Waals surface area (Å²) in [6.07, 6.45) is 5.54. The number of ether oxygens (including phenoxy) is 1. The van der Waals surface area contributed by atoms with E-state index in [4.69, 9.17) is 9.57 Å². The molecule has 0 aromatic carbocycles. The van der Waals surface area contributed by atoms with Crippen molar-refractivity contribution in [1.29, 1.82) is 0 Å². The van der Waals surface area contributed by atoms with Crippen LogP contribution in [0.5, 0.6) is 0 Å². The van der Waals surface area contributed by atoms with Gasteiger partial charge in [0.05, 0.1) is 12.7 Å². The molecule has 5 nitrogen and oxygen atoms in total. The summed E-state index contributed by atoms with van der Waals surface area (Å²) in [5.74, 6) is -0.866. The second-order valence-corrected chi connectivity index (χ2v) is 4.29. The Morgan fingerprint density at radius 3 is 2.47 bits per heavy atom. The van der Waals surface area contributed by atoms with Crippen LogP contribution in [0.4, 0.5) is 0 Å². The number of rotatable bonds is 6. The first-order valence-corrected chi connectivity index (χ1v) is 6.23. The normalized spacial score (nSPS) is 18.7. The van der Waals surface area contributed by atoms with Gasteiger partial charge in [-0.05, 0) is 26.7 Å². The van der Waals surface area contributed by atoms with Crippen LogP contribution < -0.4 is 5.48 Å². The molecule has 1 atom stereocenters. The van der Waals surface area contributed by atoms with Gasteiger partial charge >= 0.3 is 5.97 Å². The molecule has 1 aliphatic rings. The number of nitrogens with one attached hydrogen (secondary N) is 1. The van der Waals surface area contributed by atoms with Crippen molar-refractivity contribution >= 4 is 11.8 Å². The van der Waals surface area contributed by atoms with Crippen LogP contribution in [0.1, 0.15) is 46.0 Å². The molecule has 5 heteroatoms. The zero-order valence-corrected chi connectivity index (χ0v) is 10.5. The Balaban J connectivity index is 2.38. The van der Waals surface area contributed by atoms with Gasteiger partial charge in [-0.25, -0.2) is 4.79 Å². The van der Waals surface area contributed by atoms with Gasteiger partial charge in [0.25, 0.3) is 0 Å². The molecule has 0 bridgehead atoms. The van der Waals surface area contributed by atoms with Gasteiger partial charge in [-0.3, -0.25) is 9.63 Å². The van der Waals surface area contributed by atoms with E-state index in [-0.39, 0.29) is 18.5 Å². The lowest BCUT2D eigenvalue weighted by atomic mass is 9.98. The van der Waals surface area contributed by atoms with Crippen LogP contribution >= 0.6 is 0 Å². The van der Waals surface area contributed by atoms with Crippen molar-refractivity contribution in [2.24, 2.45) is 0 Å². The molecule has 0 heterocycles. The van der Waals surface area contributed by atoms with Crippen LogP contribution in [0.3, 0.4) is 0 Å². The van der Waals surface area contributed by atoms with Gasteiger partial charge < -0.3 is 4.74 Å².